The van der Waals surface area contributed by atoms with Crippen molar-refractivity contribution in [3.63, 3.8) is 0 Å². The highest BCUT2D eigenvalue weighted by atomic mass is 32.2. The van der Waals surface area contributed by atoms with E-state index in [1.165, 1.54) is 0 Å². The Morgan fingerprint density at radius 1 is 2.00 bits per heavy atom. The Balaban J connectivity index is 2.50. The van der Waals surface area contributed by atoms with Gasteiger partial charge in [-0.15, -0.1) is 6.42 Å². The third-order valence-corrected chi connectivity index (χ3v) is 1.62. The topological polar surface area (TPSA) is 53.9 Å². The van der Waals surface area contributed by atoms with Crippen molar-refractivity contribution in [2.24, 2.45) is 5.16 Å². The van der Waals surface area contributed by atoms with Crippen LogP contribution in [0.25, 0.3) is 0 Å². The third-order valence-electron chi connectivity index (χ3n) is 1.06. The number of oxime groups is 1. The molecular formula is C5H7N3O2S. The number of rotatable bonds is 1. The van der Waals surface area contributed by atoms with Gasteiger partial charge >= 0.3 is 11.3 Å². The summed E-state index contributed by atoms with van der Waals surface area (Å²) in [7, 11) is 1.72. The van der Waals surface area contributed by atoms with Gasteiger partial charge in [0, 0.05) is 7.05 Å². The number of guanidine groups is 1. The van der Waals surface area contributed by atoms with Gasteiger partial charge in [0.25, 0.3) is 5.96 Å². The fourth-order valence-corrected chi connectivity index (χ4v) is 1.06. The molecule has 0 amide bonds. The molecule has 1 atom stereocenters. The third kappa shape index (κ3) is 1.85. The van der Waals surface area contributed by atoms with Crippen molar-refractivity contribution >= 4 is 17.2 Å². The van der Waals surface area contributed by atoms with Crippen LogP contribution < -0.4 is 4.72 Å². The summed E-state index contributed by atoms with van der Waals surface area (Å²) in [5.41, 5.74) is 0. The van der Waals surface area contributed by atoms with E-state index in [2.05, 4.69) is 20.1 Å². The fourth-order valence-electron chi connectivity index (χ4n) is 0.540. The van der Waals surface area contributed by atoms with Crippen LogP contribution >= 0.6 is 0 Å². The fraction of sp³-hybridized carbons (Fsp3) is 0.400. The van der Waals surface area contributed by atoms with Gasteiger partial charge in [-0.05, 0) is 5.16 Å². The lowest BCUT2D eigenvalue weighted by Gasteiger charge is -2.11. The second-order valence-electron chi connectivity index (χ2n) is 1.89. The molecule has 1 unspecified atom stereocenters. The Kier molecular flexibility index (Phi) is 2.33. The summed E-state index contributed by atoms with van der Waals surface area (Å²) in [6, 6.07) is 0. The first-order valence-electron chi connectivity index (χ1n) is 2.82. The predicted octanol–water partition coefficient (Wildman–Crippen LogP) is -0.979. The van der Waals surface area contributed by atoms with Crippen LogP contribution in [0.1, 0.15) is 0 Å². The van der Waals surface area contributed by atoms with Crippen LogP contribution in [-0.2, 0) is 15.6 Å². The normalized spacial score (nSPS) is 21.1. The van der Waals surface area contributed by atoms with Crippen LogP contribution in [0.5, 0.6) is 0 Å². The van der Waals surface area contributed by atoms with E-state index in [1.54, 1.807) is 11.9 Å². The van der Waals surface area contributed by atoms with Gasteiger partial charge in [-0.1, -0.05) is 5.92 Å². The maximum absolute atomic E-state index is 10.5. The molecule has 0 bridgehead atoms. The van der Waals surface area contributed by atoms with Crippen molar-refractivity contribution in [2.75, 3.05) is 13.6 Å². The van der Waals surface area contributed by atoms with Crippen molar-refractivity contribution in [1.82, 2.24) is 9.62 Å². The Bertz CT molecular complexity index is 245. The summed E-state index contributed by atoms with van der Waals surface area (Å²) < 4.78 is 17.4. The minimum absolute atomic E-state index is 0.390. The van der Waals surface area contributed by atoms with E-state index in [-0.39, 0.29) is 0 Å². The smallest absolute Gasteiger partial charge is 0.331 e. The SMILES string of the molecule is C#CCN(C)C1=NOS(=O)N1. The van der Waals surface area contributed by atoms with Crippen LogP contribution in [0.15, 0.2) is 5.16 Å². The van der Waals surface area contributed by atoms with Crippen LogP contribution in [-0.4, -0.2) is 28.7 Å². The molecule has 0 aliphatic carbocycles. The zero-order valence-corrected chi connectivity index (χ0v) is 6.72. The number of hydrogen-bond donors (Lipinski definition) is 1. The lowest BCUT2D eigenvalue weighted by molar-refractivity contribution is 0.377. The van der Waals surface area contributed by atoms with Gasteiger partial charge in [0.15, 0.2) is 0 Å². The Morgan fingerprint density at radius 2 is 2.73 bits per heavy atom. The van der Waals surface area contributed by atoms with Crippen molar-refractivity contribution < 1.29 is 8.49 Å². The van der Waals surface area contributed by atoms with Gasteiger partial charge in [0.05, 0.1) is 6.54 Å². The molecule has 60 valence electrons. The molecule has 0 radical (unpaired) electrons. The van der Waals surface area contributed by atoms with E-state index in [0.29, 0.717) is 12.5 Å². The van der Waals surface area contributed by atoms with Crippen LogP contribution in [0.4, 0.5) is 0 Å². The molecule has 0 spiro atoms. The van der Waals surface area contributed by atoms with Crippen LogP contribution in [0, 0.1) is 12.3 Å². The van der Waals surface area contributed by atoms with E-state index >= 15 is 0 Å². The lowest BCUT2D eigenvalue weighted by Crippen LogP contribution is -2.36. The molecule has 1 heterocycles. The highest BCUT2D eigenvalue weighted by molar-refractivity contribution is 7.79. The molecule has 0 aromatic heterocycles. The molecule has 1 aliphatic rings. The molecule has 1 N–H and O–H groups in total. The zero-order chi connectivity index (χ0) is 8.27. The summed E-state index contributed by atoms with van der Waals surface area (Å²) in [4.78, 5) is 1.62. The summed E-state index contributed by atoms with van der Waals surface area (Å²) in [6.07, 6.45) is 5.04. The molecule has 1 rings (SSSR count). The summed E-state index contributed by atoms with van der Waals surface area (Å²) in [6.45, 7) is 0.395. The minimum Gasteiger partial charge on any atom is -0.331 e. The summed E-state index contributed by atoms with van der Waals surface area (Å²) in [5, 5.41) is 3.47. The summed E-state index contributed by atoms with van der Waals surface area (Å²) in [5.74, 6) is 2.80. The van der Waals surface area contributed by atoms with Crippen molar-refractivity contribution in [1.29, 1.82) is 0 Å². The van der Waals surface area contributed by atoms with Gasteiger partial charge in [0.2, 0.25) is 0 Å². The van der Waals surface area contributed by atoms with Gasteiger partial charge in [0.1, 0.15) is 0 Å². The second-order valence-corrected chi connectivity index (χ2v) is 2.71. The number of terminal acetylenes is 1. The Labute approximate surface area is 67.2 Å². The molecule has 0 fully saturated rings. The molecule has 5 nitrogen and oxygen atoms in total. The van der Waals surface area contributed by atoms with E-state index < -0.39 is 11.3 Å². The van der Waals surface area contributed by atoms with Gasteiger partial charge < -0.3 is 4.90 Å². The number of nitrogens with one attached hydrogen (secondary N) is 1. The van der Waals surface area contributed by atoms with Crippen molar-refractivity contribution in [3.8, 4) is 12.3 Å². The monoisotopic (exact) mass is 173 g/mol. The molecule has 0 saturated heterocycles. The lowest BCUT2D eigenvalue weighted by atomic mass is 10.6. The first-order chi connectivity index (χ1) is 5.24. The molecular weight excluding hydrogens is 166 g/mol. The Hall–Kier alpha value is -1.22. The zero-order valence-electron chi connectivity index (χ0n) is 5.90. The quantitative estimate of drug-likeness (QED) is 0.519. The molecule has 1 aliphatic heterocycles. The van der Waals surface area contributed by atoms with E-state index in [9.17, 15) is 4.21 Å². The largest absolute Gasteiger partial charge is 0.339 e. The van der Waals surface area contributed by atoms with Gasteiger partial charge in [-0.2, -0.15) is 4.21 Å². The number of hydrogen-bond acceptors (Lipinski definition) is 4. The van der Waals surface area contributed by atoms with Crippen molar-refractivity contribution in [2.45, 2.75) is 0 Å². The maximum atomic E-state index is 10.5. The number of nitrogens with zero attached hydrogens (tertiary/aromatic N) is 2. The minimum atomic E-state index is -1.54. The molecule has 0 aromatic carbocycles. The molecule has 6 heteroatoms. The van der Waals surface area contributed by atoms with Crippen LogP contribution in [0.2, 0.25) is 0 Å². The maximum Gasteiger partial charge on any atom is 0.339 e. The first-order valence-corrected chi connectivity index (χ1v) is 3.90. The van der Waals surface area contributed by atoms with E-state index in [4.69, 9.17) is 6.42 Å². The standard InChI is InChI=1S/C5H7N3O2S/c1-3-4-8(2)5-6-10-11(9)7-5/h1H,4H2,2H3,(H,6,7). The average Bonchev–Trinajstić information content (AvgIpc) is 2.36. The molecule has 0 aromatic rings. The van der Waals surface area contributed by atoms with E-state index in [0.717, 1.165) is 0 Å². The second kappa shape index (κ2) is 3.25. The highest BCUT2D eigenvalue weighted by Crippen LogP contribution is 1.96. The average molecular weight is 173 g/mol. The predicted molar refractivity (Wildman–Crippen MR) is 41.3 cm³/mol. The van der Waals surface area contributed by atoms with Crippen LogP contribution in [0.3, 0.4) is 0 Å². The van der Waals surface area contributed by atoms with Crippen molar-refractivity contribution in [3.05, 3.63) is 0 Å². The summed E-state index contributed by atoms with van der Waals surface area (Å²) >= 11 is -1.54. The molecule has 11 heavy (non-hydrogen) atoms. The first kappa shape index (κ1) is 7.88. The molecule has 0 saturated carbocycles. The van der Waals surface area contributed by atoms with Gasteiger partial charge in [-0.25, -0.2) is 4.72 Å². The van der Waals surface area contributed by atoms with E-state index in [1.807, 2.05) is 0 Å². The van der Waals surface area contributed by atoms with Gasteiger partial charge in [-0.3, -0.25) is 4.28 Å². The highest BCUT2D eigenvalue weighted by Gasteiger charge is 2.17. The Morgan fingerprint density at radius 3 is 3.18 bits per heavy atom.